The zero-order chi connectivity index (χ0) is 13.0. The third-order valence-electron chi connectivity index (χ3n) is 3.67. The Kier molecular flexibility index (Phi) is 4.22. The molecule has 2 unspecified atom stereocenters. The molecule has 3 nitrogen and oxygen atoms in total. The van der Waals surface area contributed by atoms with E-state index in [1.165, 1.54) is 11.3 Å². The summed E-state index contributed by atoms with van der Waals surface area (Å²) in [6.45, 7) is 6.30. The van der Waals surface area contributed by atoms with Crippen molar-refractivity contribution in [1.29, 1.82) is 5.26 Å². The molecule has 0 bridgehead atoms. The van der Waals surface area contributed by atoms with Gasteiger partial charge in [-0.05, 0) is 25.0 Å². The van der Waals surface area contributed by atoms with Crippen LogP contribution in [0.2, 0.25) is 0 Å². The highest BCUT2D eigenvalue weighted by Gasteiger charge is 2.25. The minimum atomic E-state index is 0.288. The lowest BCUT2D eigenvalue weighted by molar-refractivity contribution is 0.408. The molecule has 1 saturated heterocycles. The average Bonchev–Trinajstić information content (AvgIpc) is 2.41. The van der Waals surface area contributed by atoms with Crippen LogP contribution < -0.4 is 10.2 Å². The van der Waals surface area contributed by atoms with Crippen LogP contribution in [0.3, 0.4) is 0 Å². The Morgan fingerprint density at radius 2 is 2.22 bits per heavy atom. The van der Waals surface area contributed by atoms with Crippen LogP contribution in [0.15, 0.2) is 24.3 Å². The van der Waals surface area contributed by atoms with Crippen molar-refractivity contribution >= 4 is 5.69 Å². The van der Waals surface area contributed by atoms with E-state index in [2.05, 4.69) is 54.4 Å². The predicted molar refractivity (Wildman–Crippen MR) is 74.6 cm³/mol. The summed E-state index contributed by atoms with van der Waals surface area (Å²) < 4.78 is 0. The molecule has 0 aliphatic carbocycles. The Bertz CT molecular complexity index is 436. The van der Waals surface area contributed by atoms with Crippen LogP contribution in [0, 0.1) is 11.3 Å². The molecule has 0 amide bonds. The first-order chi connectivity index (χ1) is 8.76. The molecular formula is C15H21N3. The normalized spacial score (nSPS) is 23.7. The minimum absolute atomic E-state index is 0.288. The number of benzene rings is 1. The molecule has 1 aromatic carbocycles. The van der Waals surface area contributed by atoms with E-state index in [9.17, 15) is 0 Å². The van der Waals surface area contributed by atoms with Gasteiger partial charge in [-0.1, -0.05) is 25.1 Å². The highest BCUT2D eigenvalue weighted by atomic mass is 15.2. The Hall–Kier alpha value is -1.53. The molecular weight excluding hydrogens is 222 g/mol. The van der Waals surface area contributed by atoms with Crippen molar-refractivity contribution in [3.63, 3.8) is 0 Å². The summed E-state index contributed by atoms with van der Waals surface area (Å²) in [4.78, 5) is 2.44. The second-order valence-electron chi connectivity index (χ2n) is 4.95. The fourth-order valence-electron chi connectivity index (χ4n) is 2.60. The molecule has 18 heavy (non-hydrogen) atoms. The molecule has 1 aliphatic rings. The first-order valence-corrected chi connectivity index (χ1v) is 6.71. The SMILES string of the molecule is CCc1ccccc1N1CC(CC#N)NCC1C. The highest BCUT2D eigenvalue weighted by Crippen LogP contribution is 2.25. The van der Waals surface area contributed by atoms with Crippen LogP contribution in [0.25, 0.3) is 0 Å². The summed E-state index contributed by atoms with van der Waals surface area (Å²) in [5.74, 6) is 0. The van der Waals surface area contributed by atoms with Gasteiger partial charge in [0.15, 0.2) is 0 Å². The molecule has 1 fully saturated rings. The van der Waals surface area contributed by atoms with Crippen LogP contribution in [0.4, 0.5) is 5.69 Å². The van der Waals surface area contributed by atoms with Crippen LogP contribution in [-0.2, 0) is 6.42 Å². The molecule has 3 heteroatoms. The monoisotopic (exact) mass is 243 g/mol. The second-order valence-corrected chi connectivity index (χ2v) is 4.95. The van der Waals surface area contributed by atoms with Crippen LogP contribution in [0.5, 0.6) is 0 Å². The maximum atomic E-state index is 8.83. The van der Waals surface area contributed by atoms with Gasteiger partial charge in [0.05, 0.1) is 12.5 Å². The van der Waals surface area contributed by atoms with Crippen LogP contribution >= 0.6 is 0 Å². The minimum Gasteiger partial charge on any atom is -0.366 e. The quantitative estimate of drug-likeness (QED) is 0.885. The summed E-state index contributed by atoms with van der Waals surface area (Å²) in [5, 5.41) is 12.3. The first-order valence-electron chi connectivity index (χ1n) is 6.71. The van der Waals surface area contributed by atoms with Crippen molar-refractivity contribution in [3.8, 4) is 6.07 Å². The number of rotatable bonds is 3. The number of nitrogens with one attached hydrogen (secondary N) is 1. The molecule has 0 radical (unpaired) electrons. The van der Waals surface area contributed by atoms with Gasteiger partial charge in [-0.15, -0.1) is 0 Å². The van der Waals surface area contributed by atoms with Crippen molar-refractivity contribution in [2.45, 2.75) is 38.8 Å². The molecule has 0 aromatic heterocycles. The standard InChI is InChI=1S/C15H21N3/c1-3-13-6-4-5-7-15(13)18-11-14(8-9-16)17-10-12(18)2/h4-7,12,14,17H,3,8,10-11H2,1-2H3. The average molecular weight is 243 g/mol. The van der Waals surface area contributed by atoms with Gasteiger partial charge in [-0.2, -0.15) is 5.26 Å². The Balaban J connectivity index is 2.21. The van der Waals surface area contributed by atoms with Gasteiger partial charge in [0.25, 0.3) is 0 Å². The van der Waals surface area contributed by atoms with Gasteiger partial charge in [-0.25, -0.2) is 0 Å². The number of anilines is 1. The molecule has 1 aromatic rings. The molecule has 96 valence electrons. The fourth-order valence-corrected chi connectivity index (χ4v) is 2.60. The lowest BCUT2D eigenvalue weighted by atomic mass is 10.0. The molecule has 2 atom stereocenters. The molecule has 0 spiro atoms. The maximum Gasteiger partial charge on any atom is 0.0638 e. The van der Waals surface area contributed by atoms with Gasteiger partial charge in [0.1, 0.15) is 0 Å². The molecule has 0 saturated carbocycles. The van der Waals surface area contributed by atoms with E-state index >= 15 is 0 Å². The summed E-state index contributed by atoms with van der Waals surface area (Å²) >= 11 is 0. The van der Waals surface area contributed by atoms with Gasteiger partial charge in [0, 0.05) is 30.9 Å². The summed E-state index contributed by atoms with van der Waals surface area (Å²) in [7, 11) is 0. The number of nitriles is 1. The van der Waals surface area contributed by atoms with E-state index in [1.54, 1.807) is 0 Å². The third-order valence-corrected chi connectivity index (χ3v) is 3.67. The number of piperazine rings is 1. The molecule has 1 N–H and O–H groups in total. The predicted octanol–water partition coefficient (Wildman–Crippen LogP) is 2.33. The molecule has 1 aliphatic heterocycles. The summed E-state index contributed by atoms with van der Waals surface area (Å²) in [5.41, 5.74) is 2.72. The van der Waals surface area contributed by atoms with Crippen molar-refractivity contribution in [2.24, 2.45) is 0 Å². The fraction of sp³-hybridized carbons (Fsp3) is 0.533. The van der Waals surface area contributed by atoms with Gasteiger partial charge in [0.2, 0.25) is 0 Å². The number of nitrogens with zero attached hydrogens (tertiary/aromatic N) is 2. The van der Waals surface area contributed by atoms with Crippen molar-refractivity contribution in [3.05, 3.63) is 29.8 Å². The molecule has 1 heterocycles. The van der Waals surface area contributed by atoms with Crippen molar-refractivity contribution < 1.29 is 0 Å². The van der Waals surface area contributed by atoms with Crippen LogP contribution in [-0.4, -0.2) is 25.2 Å². The number of para-hydroxylation sites is 1. The van der Waals surface area contributed by atoms with Gasteiger partial charge >= 0.3 is 0 Å². The smallest absolute Gasteiger partial charge is 0.0638 e. The first kappa shape index (κ1) is 12.9. The Labute approximate surface area is 109 Å². The zero-order valence-electron chi connectivity index (χ0n) is 11.2. The third kappa shape index (κ3) is 2.65. The summed E-state index contributed by atoms with van der Waals surface area (Å²) in [6.07, 6.45) is 1.63. The second kappa shape index (κ2) is 5.88. The number of hydrogen-bond acceptors (Lipinski definition) is 3. The molecule has 2 rings (SSSR count). The van der Waals surface area contributed by atoms with E-state index in [1.807, 2.05) is 0 Å². The summed E-state index contributed by atoms with van der Waals surface area (Å²) in [6, 6.07) is 11.6. The van der Waals surface area contributed by atoms with E-state index in [0.717, 1.165) is 19.5 Å². The Morgan fingerprint density at radius 3 is 2.94 bits per heavy atom. The van der Waals surface area contributed by atoms with Crippen LogP contribution in [0.1, 0.15) is 25.8 Å². The number of hydrogen-bond donors (Lipinski definition) is 1. The maximum absolute atomic E-state index is 8.83. The topological polar surface area (TPSA) is 39.1 Å². The van der Waals surface area contributed by atoms with Crippen molar-refractivity contribution in [1.82, 2.24) is 5.32 Å². The number of aryl methyl sites for hydroxylation is 1. The van der Waals surface area contributed by atoms with E-state index in [0.29, 0.717) is 12.5 Å². The van der Waals surface area contributed by atoms with E-state index in [-0.39, 0.29) is 6.04 Å². The Morgan fingerprint density at radius 1 is 1.44 bits per heavy atom. The van der Waals surface area contributed by atoms with Gasteiger partial charge < -0.3 is 10.2 Å². The van der Waals surface area contributed by atoms with Gasteiger partial charge in [-0.3, -0.25) is 0 Å². The highest BCUT2D eigenvalue weighted by molar-refractivity contribution is 5.55. The zero-order valence-corrected chi connectivity index (χ0v) is 11.2. The van der Waals surface area contributed by atoms with E-state index in [4.69, 9.17) is 5.26 Å². The lowest BCUT2D eigenvalue weighted by Crippen LogP contribution is -2.55. The van der Waals surface area contributed by atoms with E-state index < -0.39 is 0 Å². The lowest BCUT2D eigenvalue weighted by Gasteiger charge is -2.40. The largest absolute Gasteiger partial charge is 0.366 e. The van der Waals surface area contributed by atoms with Crippen molar-refractivity contribution in [2.75, 3.05) is 18.0 Å².